The molecule has 0 atom stereocenters. The predicted molar refractivity (Wildman–Crippen MR) is 89.3 cm³/mol. The van der Waals surface area contributed by atoms with Crippen molar-refractivity contribution in [3.05, 3.63) is 52.0 Å². The first-order chi connectivity index (χ1) is 11.1. The summed E-state index contributed by atoms with van der Waals surface area (Å²) in [6.45, 7) is 3.12. The second kappa shape index (κ2) is 8.43. The monoisotopic (exact) mass is 332 g/mol. The van der Waals surface area contributed by atoms with Crippen molar-refractivity contribution in [2.45, 2.75) is 26.3 Å². The van der Waals surface area contributed by atoms with E-state index in [9.17, 15) is 9.59 Å². The highest BCUT2D eigenvalue weighted by molar-refractivity contribution is 7.09. The second-order valence-electron chi connectivity index (χ2n) is 5.10. The van der Waals surface area contributed by atoms with Crippen LogP contribution in [-0.4, -0.2) is 35.4 Å². The lowest BCUT2D eigenvalue weighted by Crippen LogP contribution is -2.32. The largest absolute Gasteiger partial charge is 0.464 e. The number of benzene rings is 1. The third-order valence-corrected chi connectivity index (χ3v) is 4.15. The molecule has 23 heavy (non-hydrogen) atoms. The molecule has 0 aliphatic heterocycles. The number of esters is 1. The number of carbonyl (C=O) groups is 2. The summed E-state index contributed by atoms with van der Waals surface area (Å²) in [6, 6.07) is 9.68. The summed E-state index contributed by atoms with van der Waals surface area (Å²) in [5.41, 5.74) is 1.28. The highest BCUT2D eigenvalue weighted by Crippen LogP contribution is 2.15. The van der Waals surface area contributed by atoms with Crippen LogP contribution in [0, 0.1) is 0 Å². The van der Waals surface area contributed by atoms with Gasteiger partial charge in [0.1, 0.15) is 5.01 Å². The molecule has 1 heterocycles. The van der Waals surface area contributed by atoms with Gasteiger partial charge in [0.25, 0.3) is 0 Å². The van der Waals surface area contributed by atoms with Crippen molar-refractivity contribution >= 4 is 23.2 Å². The summed E-state index contributed by atoms with van der Waals surface area (Å²) >= 11 is 1.37. The number of carbonyl (C=O) groups excluding carboxylic acids is 2. The molecule has 0 saturated carbocycles. The van der Waals surface area contributed by atoms with E-state index >= 15 is 0 Å². The quantitative estimate of drug-likeness (QED) is 0.732. The molecule has 0 N–H and O–H groups in total. The van der Waals surface area contributed by atoms with Crippen LogP contribution in [0.5, 0.6) is 0 Å². The molecule has 2 aromatic rings. The Morgan fingerprint density at radius 3 is 2.65 bits per heavy atom. The van der Waals surface area contributed by atoms with Gasteiger partial charge in [-0.25, -0.2) is 9.78 Å². The molecule has 2 rings (SSSR count). The fourth-order valence-corrected chi connectivity index (χ4v) is 2.97. The van der Waals surface area contributed by atoms with Crippen LogP contribution in [0.3, 0.4) is 0 Å². The summed E-state index contributed by atoms with van der Waals surface area (Å²) in [7, 11) is 1.33. The lowest BCUT2D eigenvalue weighted by Gasteiger charge is -2.21. The Bertz CT molecular complexity index is 655. The summed E-state index contributed by atoms with van der Waals surface area (Å²) < 4.78 is 4.65. The minimum absolute atomic E-state index is 0.0628. The van der Waals surface area contributed by atoms with Crippen molar-refractivity contribution in [2.24, 2.45) is 0 Å². The van der Waals surface area contributed by atoms with E-state index in [0.29, 0.717) is 25.2 Å². The Morgan fingerprint density at radius 2 is 2.00 bits per heavy atom. The number of ether oxygens (including phenoxy) is 1. The van der Waals surface area contributed by atoms with Crippen LogP contribution >= 0.6 is 11.3 Å². The van der Waals surface area contributed by atoms with Gasteiger partial charge in [-0.15, -0.1) is 11.3 Å². The van der Waals surface area contributed by atoms with Gasteiger partial charge in [0, 0.05) is 11.9 Å². The smallest absolute Gasteiger partial charge is 0.357 e. The average Bonchev–Trinajstić information content (AvgIpc) is 3.03. The summed E-state index contributed by atoms with van der Waals surface area (Å²) in [4.78, 5) is 30.0. The molecule has 0 radical (unpaired) electrons. The molecule has 6 heteroatoms. The number of aromatic nitrogens is 1. The van der Waals surface area contributed by atoms with Crippen molar-refractivity contribution in [1.82, 2.24) is 9.88 Å². The molecule has 1 amide bonds. The SMILES string of the molecule is CCCN(Cc1nc(C(=O)OC)cs1)C(=O)Cc1ccccc1. The Hall–Kier alpha value is -2.21. The van der Waals surface area contributed by atoms with Gasteiger partial charge in [0.05, 0.1) is 20.1 Å². The fourth-order valence-electron chi connectivity index (χ4n) is 2.19. The normalized spacial score (nSPS) is 10.3. The highest BCUT2D eigenvalue weighted by Gasteiger charge is 2.17. The number of amides is 1. The van der Waals surface area contributed by atoms with E-state index in [-0.39, 0.29) is 5.91 Å². The topological polar surface area (TPSA) is 59.5 Å². The number of thiazole rings is 1. The van der Waals surface area contributed by atoms with Gasteiger partial charge in [-0.2, -0.15) is 0 Å². The number of nitrogens with zero attached hydrogens (tertiary/aromatic N) is 2. The summed E-state index contributed by atoms with van der Waals surface area (Å²) in [6.07, 6.45) is 1.24. The number of hydrogen-bond donors (Lipinski definition) is 0. The van der Waals surface area contributed by atoms with E-state index in [4.69, 9.17) is 0 Å². The Kier molecular flexibility index (Phi) is 6.29. The highest BCUT2D eigenvalue weighted by atomic mass is 32.1. The maximum Gasteiger partial charge on any atom is 0.357 e. The van der Waals surface area contributed by atoms with E-state index in [1.54, 1.807) is 10.3 Å². The van der Waals surface area contributed by atoms with Crippen molar-refractivity contribution in [1.29, 1.82) is 0 Å². The molecule has 0 aliphatic carbocycles. The minimum atomic E-state index is -0.454. The number of methoxy groups -OCH3 is 1. The van der Waals surface area contributed by atoms with Gasteiger partial charge in [0.2, 0.25) is 5.91 Å². The molecular weight excluding hydrogens is 312 g/mol. The lowest BCUT2D eigenvalue weighted by atomic mass is 10.1. The Morgan fingerprint density at radius 1 is 1.26 bits per heavy atom. The van der Waals surface area contributed by atoms with Crippen LogP contribution in [0.25, 0.3) is 0 Å². The van der Waals surface area contributed by atoms with Crippen molar-refractivity contribution in [3.8, 4) is 0 Å². The van der Waals surface area contributed by atoms with Crippen LogP contribution in [0.4, 0.5) is 0 Å². The van der Waals surface area contributed by atoms with E-state index in [1.165, 1.54) is 18.4 Å². The molecule has 0 fully saturated rings. The zero-order chi connectivity index (χ0) is 16.7. The number of hydrogen-bond acceptors (Lipinski definition) is 5. The van der Waals surface area contributed by atoms with Crippen molar-refractivity contribution < 1.29 is 14.3 Å². The van der Waals surface area contributed by atoms with E-state index in [0.717, 1.165) is 17.0 Å². The zero-order valence-electron chi connectivity index (χ0n) is 13.3. The second-order valence-corrected chi connectivity index (χ2v) is 6.04. The molecule has 0 aliphatic rings. The molecule has 122 valence electrons. The minimum Gasteiger partial charge on any atom is -0.464 e. The zero-order valence-corrected chi connectivity index (χ0v) is 14.1. The molecule has 0 saturated heterocycles. The Balaban J connectivity index is 2.04. The van der Waals surface area contributed by atoms with Gasteiger partial charge < -0.3 is 9.64 Å². The Labute approximate surface area is 139 Å². The predicted octanol–water partition coefficient (Wildman–Crippen LogP) is 2.91. The maximum atomic E-state index is 12.5. The van der Waals surface area contributed by atoms with Gasteiger partial charge in [0.15, 0.2) is 5.69 Å². The molecule has 1 aromatic carbocycles. The third-order valence-electron chi connectivity index (χ3n) is 3.32. The van der Waals surface area contributed by atoms with Crippen LogP contribution in [0.15, 0.2) is 35.7 Å². The summed E-state index contributed by atoms with van der Waals surface area (Å²) in [5, 5.41) is 2.40. The van der Waals surface area contributed by atoms with Crippen LogP contribution in [0.1, 0.15) is 34.4 Å². The van der Waals surface area contributed by atoms with Crippen LogP contribution < -0.4 is 0 Å². The van der Waals surface area contributed by atoms with E-state index in [1.807, 2.05) is 37.3 Å². The first-order valence-electron chi connectivity index (χ1n) is 7.48. The van der Waals surface area contributed by atoms with Crippen molar-refractivity contribution in [3.63, 3.8) is 0 Å². The summed E-state index contributed by atoms with van der Waals surface area (Å²) in [5.74, 6) is -0.391. The van der Waals surface area contributed by atoms with E-state index in [2.05, 4.69) is 9.72 Å². The molecule has 0 spiro atoms. The maximum absolute atomic E-state index is 12.5. The number of rotatable bonds is 7. The fraction of sp³-hybridized carbons (Fsp3) is 0.353. The molecule has 0 unspecified atom stereocenters. The molecule has 0 bridgehead atoms. The first-order valence-corrected chi connectivity index (χ1v) is 8.36. The first kappa shape index (κ1) is 17.1. The van der Waals surface area contributed by atoms with Gasteiger partial charge in [-0.05, 0) is 12.0 Å². The lowest BCUT2D eigenvalue weighted by molar-refractivity contribution is -0.131. The third kappa shape index (κ3) is 4.89. The van der Waals surface area contributed by atoms with Crippen LogP contribution in [0.2, 0.25) is 0 Å². The van der Waals surface area contributed by atoms with Gasteiger partial charge in [-0.1, -0.05) is 37.3 Å². The van der Waals surface area contributed by atoms with Gasteiger partial charge >= 0.3 is 5.97 Å². The molecular formula is C17H20N2O3S. The van der Waals surface area contributed by atoms with E-state index < -0.39 is 5.97 Å². The molecule has 1 aromatic heterocycles. The van der Waals surface area contributed by atoms with Crippen LogP contribution in [-0.2, 0) is 22.5 Å². The van der Waals surface area contributed by atoms with Crippen molar-refractivity contribution in [2.75, 3.05) is 13.7 Å². The average molecular weight is 332 g/mol. The molecule has 5 nitrogen and oxygen atoms in total. The standard InChI is InChI=1S/C17H20N2O3S/c1-3-9-19(16(20)10-13-7-5-4-6-8-13)11-15-18-14(12-23-15)17(21)22-2/h4-8,12H,3,9-11H2,1-2H3. The van der Waals surface area contributed by atoms with Gasteiger partial charge in [-0.3, -0.25) is 4.79 Å².